The molecule has 2 rings (SSSR count). The normalized spacial score (nSPS) is 21.5. The summed E-state index contributed by atoms with van der Waals surface area (Å²) in [5, 5.41) is 12.6. The van der Waals surface area contributed by atoms with Crippen LogP contribution < -0.4 is 5.32 Å². The van der Waals surface area contributed by atoms with Gasteiger partial charge in [-0.2, -0.15) is 0 Å². The van der Waals surface area contributed by atoms with E-state index in [0.717, 1.165) is 24.9 Å². The summed E-state index contributed by atoms with van der Waals surface area (Å²) < 4.78 is 0. The van der Waals surface area contributed by atoms with Crippen molar-refractivity contribution in [1.82, 2.24) is 0 Å². The van der Waals surface area contributed by atoms with Crippen molar-refractivity contribution in [2.75, 3.05) is 5.32 Å². The first-order valence-corrected chi connectivity index (χ1v) is 4.80. The van der Waals surface area contributed by atoms with E-state index in [1.54, 1.807) is 0 Å². The Hall–Kier alpha value is -1.02. The van der Waals surface area contributed by atoms with E-state index in [9.17, 15) is 5.11 Å². The Labute approximate surface area is 78.6 Å². The molecule has 0 aromatic heterocycles. The zero-order valence-corrected chi connectivity index (χ0v) is 7.88. The molecule has 0 radical (unpaired) electrons. The van der Waals surface area contributed by atoms with Crippen LogP contribution in [0.4, 0.5) is 5.69 Å². The summed E-state index contributed by atoms with van der Waals surface area (Å²) in [6, 6.07) is 6.37. The molecule has 2 N–H and O–H groups in total. The number of nitrogens with one attached hydrogen (secondary N) is 1. The van der Waals surface area contributed by atoms with E-state index in [-0.39, 0.29) is 6.23 Å². The third-order valence-electron chi connectivity index (χ3n) is 2.51. The third-order valence-corrected chi connectivity index (χ3v) is 2.51. The van der Waals surface area contributed by atoms with Gasteiger partial charge in [-0.1, -0.05) is 12.1 Å². The van der Waals surface area contributed by atoms with Gasteiger partial charge in [-0.3, -0.25) is 0 Å². The Morgan fingerprint density at radius 2 is 2.31 bits per heavy atom. The molecule has 2 nitrogen and oxygen atoms in total. The quantitative estimate of drug-likeness (QED) is 0.635. The van der Waals surface area contributed by atoms with E-state index in [0.29, 0.717) is 0 Å². The van der Waals surface area contributed by atoms with Gasteiger partial charge in [0.1, 0.15) is 6.23 Å². The lowest BCUT2D eigenvalue weighted by molar-refractivity contribution is 0.192. The van der Waals surface area contributed by atoms with Crippen molar-refractivity contribution in [2.45, 2.75) is 32.4 Å². The standard InChI is InChI=1S/C11H15NO/c1-8-5-6-9-3-2-4-11(13)12-10(9)7-8/h5-7,11-13H,2-4H2,1H3. The lowest BCUT2D eigenvalue weighted by Gasteiger charge is -2.12. The Morgan fingerprint density at radius 1 is 1.46 bits per heavy atom. The summed E-state index contributed by atoms with van der Waals surface area (Å²) in [6.07, 6.45) is 2.60. The maximum Gasteiger partial charge on any atom is 0.124 e. The van der Waals surface area contributed by atoms with E-state index in [4.69, 9.17) is 0 Å². The summed E-state index contributed by atoms with van der Waals surface area (Å²) in [6.45, 7) is 2.07. The fourth-order valence-electron chi connectivity index (χ4n) is 1.78. The first-order valence-electron chi connectivity index (χ1n) is 4.80. The highest BCUT2D eigenvalue weighted by Crippen LogP contribution is 2.24. The molecule has 0 saturated carbocycles. The lowest BCUT2D eigenvalue weighted by Crippen LogP contribution is -2.16. The minimum atomic E-state index is -0.372. The van der Waals surface area contributed by atoms with Crippen LogP contribution >= 0.6 is 0 Å². The van der Waals surface area contributed by atoms with Crippen LogP contribution in [0.1, 0.15) is 24.0 Å². The summed E-state index contributed by atoms with van der Waals surface area (Å²) in [7, 11) is 0. The Kier molecular flexibility index (Phi) is 2.23. The summed E-state index contributed by atoms with van der Waals surface area (Å²) in [5.74, 6) is 0. The average molecular weight is 177 g/mol. The predicted molar refractivity (Wildman–Crippen MR) is 53.7 cm³/mol. The zero-order valence-electron chi connectivity index (χ0n) is 7.88. The predicted octanol–water partition coefficient (Wildman–Crippen LogP) is 2.06. The topological polar surface area (TPSA) is 32.3 Å². The van der Waals surface area contributed by atoms with E-state index >= 15 is 0 Å². The molecule has 1 atom stereocenters. The molecule has 1 aliphatic rings. The maximum absolute atomic E-state index is 9.52. The summed E-state index contributed by atoms with van der Waals surface area (Å²) in [5.41, 5.74) is 3.66. The lowest BCUT2D eigenvalue weighted by atomic mass is 10.1. The average Bonchev–Trinajstić information content (AvgIpc) is 2.25. The number of benzene rings is 1. The molecule has 0 fully saturated rings. The van der Waals surface area contributed by atoms with E-state index < -0.39 is 0 Å². The molecule has 0 spiro atoms. The number of hydrogen-bond donors (Lipinski definition) is 2. The van der Waals surface area contributed by atoms with Gasteiger partial charge in [0.25, 0.3) is 0 Å². The Bertz CT molecular complexity index is 309. The summed E-state index contributed by atoms with van der Waals surface area (Å²) in [4.78, 5) is 0. The van der Waals surface area contributed by atoms with Gasteiger partial charge < -0.3 is 10.4 Å². The van der Waals surface area contributed by atoms with E-state index in [1.165, 1.54) is 11.1 Å². The van der Waals surface area contributed by atoms with Crippen LogP contribution in [0.2, 0.25) is 0 Å². The molecule has 13 heavy (non-hydrogen) atoms. The van der Waals surface area contributed by atoms with Crippen molar-refractivity contribution in [3.8, 4) is 0 Å². The zero-order chi connectivity index (χ0) is 9.26. The van der Waals surface area contributed by atoms with E-state index in [1.807, 2.05) is 0 Å². The van der Waals surface area contributed by atoms with Gasteiger partial charge in [-0.15, -0.1) is 0 Å². The van der Waals surface area contributed by atoms with Crippen LogP contribution in [0.15, 0.2) is 18.2 Å². The van der Waals surface area contributed by atoms with Gasteiger partial charge in [-0.25, -0.2) is 0 Å². The van der Waals surface area contributed by atoms with Crippen molar-refractivity contribution in [2.24, 2.45) is 0 Å². The van der Waals surface area contributed by atoms with Crippen molar-refractivity contribution < 1.29 is 5.11 Å². The van der Waals surface area contributed by atoms with Crippen LogP contribution in [0, 0.1) is 6.92 Å². The van der Waals surface area contributed by atoms with Crippen molar-refractivity contribution in [3.63, 3.8) is 0 Å². The van der Waals surface area contributed by atoms with Crippen LogP contribution in [-0.2, 0) is 6.42 Å². The van der Waals surface area contributed by atoms with Crippen molar-refractivity contribution in [1.29, 1.82) is 0 Å². The second-order valence-electron chi connectivity index (χ2n) is 3.71. The number of anilines is 1. The first kappa shape index (κ1) is 8.57. The second kappa shape index (κ2) is 3.38. The van der Waals surface area contributed by atoms with Gasteiger partial charge in [0.15, 0.2) is 0 Å². The second-order valence-corrected chi connectivity index (χ2v) is 3.71. The minimum absolute atomic E-state index is 0.372. The minimum Gasteiger partial charge on any atom is -0.374 e. The number of aliphatic hydroxyl groups excluding tert-OH is 1. The molecule has 1 aromatic rings. The molecule has 1 aliphatic heterocycles. The van der Waals surface area contributed by atoms with Crippen LogP contribution in [0.25, 0.3) is 0 Å². The monoisotopic (exact) mass is 177 g/mol. The number of aliphatic hydroxyl groups is 1. The van der Waals surface area contributed by atoms with Gasteiger partial charge in [-0.05, 0) is 43.4 Å². The van der Waals surface area contributed by atoms with Gasteiger partial charge >= 0.3 is 0 Å². The van der Waals surface area contributed by atoms with Crippen LogP contribution in [0.5, 0.6) is 0 Å². The smallest absolute Gasteiger partial charge is 0.124 e. The molecule has 0 amide bonds. The Morgan fingerprint density at radius 3 is 3.15 bits per heavy atom. The van der Waals surface area contributed by atoms with Crippen LogP contribution in [-0.4, -0.2) is 11.3 Å². The number of hydrogen-bond acceptors (Lipinski definition) is 2. The molecule has 1 heterocycles. The molecular weight excluding hydrogens is 162 g/mol. The highest BCUT2D eigenvalue weighted by Gasteiger charge is 2.12. The molecule has 1 aromatic carbocycles. The molecular formula is C11H15NO. The van der Waals surface area contributed by atoms with Crippen molar-refractivity contribution >= 4 is 5.69 Å². The number of fused-ring (bicyclic) bond motifs is 1. The van der Waals surface area contributed by atoms with Gasteiger partial charge in [0.05, 0.1) is 0 Å². The first-order chi connectivity index (χ1) is 6.25. The fourth-order valence-corrected chi connectivity index (χ4v) is 1.78. The number of aryl methyl sites for hydroxylation is 2. The molecule has 0 saturated heterocycles. The molecule has 2 heteroatoms. The number of rotatable bonds is 0. The molecule has 0 bridgehead atoms. The fraction of sp³-hybridized carbons (Fsp3) is 0.455. The van der Waals surface area contributed by atoms with Crippen molar-refractivity contribution in [3.05, 3.63) is 29.3 Å². The highest BCUT2D eigenvalue weighted by atomic mass is 16.3. The van der Waals surface area contributed by atoms with Gasteiger partial charge in [0.2, 0.25) is 0 Å². The maximum atomic E-state index is 9.52. The molecule has 0 aliphatic carbocycles. The highest BCUT2D eigenvalue weighted by molar-refractivity contribution is 5.54. The summed E-state index contributed by atoms with van der Waals surface area (Å²) >= 11 is 0. The Balaban J connectivity index is 2.35. The third kappa shape index (κ3) is 1.83. The molecule has 1 unspecified atom stereocenters. The van der Waals surface area contributed by atoms with Gasteiger partial charge in [0, 0.05) is 5.69 Å². The molecule has 70 valence electrons. The SMILES string of the molecule is Cc1ccc2c(c1)NC(O)CCC2. The largest absolute Gasteiger partial charge is 0.374 e. The van der Waals surface area contributed by atoms with Crippen LogP contribution in [0.3, 0.4) is 0 Å². The van der Waals surface area contributed by atoms with E-state index in [2.05, 4.69) is 30.4 Å².